The Morgan fingerprint density at radius 1 is 1.27 bits per heavy atom. The number of Topliss-reactive ketones (excluding diaryl/α,β-unsaturated/α-hetero) is 1. The molecule has 0 unspecified atom stereocenters. The lowest BCUT2D eigenvalue weighted by Crippen LogP contribution is -2.44. The lowest BCUT2D eigenvalue weighted by molar-refractivity contribution is -0.118. The van der Waals surface area contributed by atoms with Crippen LogP contribution in [-0.2, 0) is 11.2 Å². The van der Waals surface area contributed by atoms with E-state index >= 15 is 0 Å². The number of para-hydroxylation sites is 1. The van der Waals surface area contributed by atoms with Gasteiger partial charge in [0, 0.05) is 43.1 Å². The molecule has 156 valence electrons. The van der Waals surface area contributed by atoms with Gasteiger partial charge in [-0.2, -0.15) is 0 Å². The number of benzene rings is 2. The molecule has 2 aliphatic heterocycles. The molecular formula is C24H27N3O3. The maximum absolute atomic E-state index is 13.7. The number of hydrogen-bond donors (Lipinski definition) is 1. The number of nitrogens with zero attached hydrogens (tertiary/aromatic N) is 2. The van der Waals surface area contributed by atoms with E-state index in [0.717, 1.165) is 16.9 Å². The molecule has 2 aliphatic rings. The summed E-state index contributed by atoms with van der Waals surface area (Å²) in [5.74, 6) is 0.268. The number of carbonyl (C=O) groups is 1. The molecule has 2 heterocycles. The van der Waals surface area contributed by atoms with Crippen LogP contribution in [-0.4, -0.2) is 37.8 Å². The van der Waals surface area contributed by atoms with Gasteiger partial charge in [-0.25, -0.2) is 0 Å². The number of hydrogen-bond acceptors (Lipinski definition) is 5. The second-order valence-corrected chi connectivity index (χ2v) is 7.65. The molecule has 30 heavy (non-hydrogen) atoms. The van der Waals surface area contributed by atoms with Crippen molar-refractivity contribution in [3.05, 3.63) is 59.3 Å². The van der Waals surface area contributed by atoms with Gasteiger partial charge in [-0.3, -0.25) is 9.79 Å². The summed E-state index contributed by atoms with van der Waals surface area (Å²) in [6.45, 7) is 2.72. The van der Waals surface area contributed by atoms with Gasteiger partial charge in [0.15, 0.2) is 5.78 Å². The number of fused-ring (bicyclic) bond motifs is 1. The Labute approximate surface area is 184 Å². The van der Waals surface area contributed by atoms with Crippen molar-refractivity contribution < 1.29 is 21.1 Å². The van der Waals surface area contributed by atoms with Gasteiger partial charge < -0.3 is 19.7 Å². The van der Waals surface area contributed by atoms with Gasteiger partial charge >= 0.3 is 0 Å². The molecule has 4 rings (SSSR count). The molecule has 0 bridgehead atoms. The van der Waals surface area contributed by atoms with E-state index in [2.05, 4.69) is 10.3 Å². The second-order valence-electron chi connectivity index (χ2n) is 7.65. The number of rotatable bonds is 4. The van der Waals surface area contributed by atoms with Gasteiger partial charge in [-0.1, -0.05) is 18.2 Å². The highest BCUT2D eigenvalue weighted by molar-refractivity contribution is 6.37. The van der Waals surface area contributed by atoms with Crippen molar-refractivity contribution in [3.63, 3.8) is 0 Å². The van der Waals surface area contributed by atoms with Crippen LogP contribution in [0.4, 0.5) is 11.4 Å². The zero-order valence-electron chi connectivity index (χ0n) is 22.4. The molecule has 0 amide bonds. The van der Waals surface area contributed by atoms with Gasteiger partial charge in [-0.05, 0) is 32.4 Å². The molecule has 1 fully saturated rings. The van der Waals surface area contributed by atoms with Gasteiger partial charge in [0.2, 0.25) is 0 Å². The number of nitrogens with one attached hydrogen (secondary N) is 1. The normalized spacial score (nSPS) is 24.4. The zero-order valence-corrected chi connectivity index (χ0v) is 17.4. The highest BCUT2D eigenvalue weighted by Crippen LogP contribution is 2.42. The van der Waals surface area contributed by atoms with E-state index in [4.69, 9.17) is 16.3 Å². The molecule has 0 aliphatic carbocycles. The molecule has 1 saturated heterocycles. The molecular weight excluding hydrogens is 378 g/mol. The summed E-state index contributed by atoms with van der Waals surface area (Å²) in [5, 5.41) is 3.34. The van der Waals surface area contributed by atoms with Crippen LogP contribution in [0.2, 0.25) is 0 Å². The van der Waals surface area contributed by atoms with E-state index in [-0.39, 0.29) is 17.3 Å². The number of amidine groups is 1. The summed E-state index contributed by atoms with van der Waals surface area (Å²) < 4.78 is 48.5. The predicted molar refractivity (Wildman–Crippen MR) is 120 cm³/mol. The Hall–Kier alpha value is -3.28. The minimum atomic E-state index is -2.73. The molecule has 6 nitrogen and oxygen atoms in total. The zero-order chi connectivity index (χ0) is 25.8. The third-order valence-corrected chi connectivity index (χ3v) is 5.42. The molecule has 0 radical (unpaired) electrons. The van der Waals surface area contributed by atoms with Crippen molar-refractivity contribution >= 4 is 23.0 Å². The number of ketones is 1. The summed E-state index contributed by atoms with van der Waals surface area (Å²) in [7, 11) is -1.14. The molecule has 0 aromatic heterocycles. The van der Waals surface area contributed by atoms with Crippen LogP contribution >= 0.6 is 0 Å². The largest absolute Gasteiger partial charge is 0.497 e. The van der Waals surface area contributed by atoms with Gasteiger partial charge in [-0.15, -0.1) is 0 Å². The lowest BCUT2D eigenvalue weighted by Gasteiger charge is -2.31. The Morgan fingerprint density at radius 3 is 2.73 bits per heavy atom. The lowest BCUT2D eigenvalue weighted by atomic mass is 9.96. The first kappa shape index (κ1) is 14.7. The maximum Gasteiger partial charge on any atom is 0.193 e. The molecule has 0 spiro atoms. The number of aliphatic imine (C=N–C) groups is 1. The summed E-state index contributed by atoms with van der Waals surface area (Å²) in [6.07, 6.45) is 0.548. The Morgan fingerprint density at radius 2 is 2.03 bits per heavy atom. The van der Waals surface area contributed by atoms with E-state index in [1.165, 1.54) is 19.1 Å². The molecule has 1 N–H and O–H groups in total. The van der Waals surface area contributed by atoms with E-state index < -0.39 is 19.1 Å². The van der Waals surface area contributed by atoms with Crippen LogP contribution in [0.25, 0.3) is 0 Å². The smallest absolute Gasteiger partial charge is 0.193 e. The van der Waals surface area contributed by atoms with Crippen LogP contribution < -0.4 is 19.7 Å². The van der Waals surface area contributed by atoms with Crippen LogP contribution in [0.15, 0.2) is 58.7 Å². The highest BCUT2D eigenvalue weighted by atomic mass is 16.5. The molecule has 6 heteroatoms. The van der Waals surface area contributed by atoms with Crippen LogP contribution in [0.1, 0.15) is 33.2 Å². The molecule has 2 aromatic rings. The molecule has 0 atom stereocenters. The van der Waals surface area contributed by atoms with Crippen LogP contribution in [0, 0.1) is 0 Å². The number of allylic oxidation sites excluding steroid dienone is 1. The average Bonchev–Trinajstić information content (AvgIpc) is 3.21. The third kappa shape index (κ3) is 3.12. The van der Waals surface area contributed by atoms with Crippen molar-refractivity contribution in [1.82, 2.24) is 0 Å². The topological polar surface area (TPSA) is 63.2 Å². The van der Waals surface area contributed by atoms with Gasteiger partial charge in [0.05, 0.1) is 31.7 Å². The number of methoxy groups -OCH3 is 1. The van der Waals surface area contributed by atoms with Crippen molar-refractivity contribution in [2.75, 3.05) is 30.9 Å². The first-order valence-electron chi connectivity index (χ1n) is 12.1. The van der Waals surface area contributed by atoms with Crippen molar-refractivity contribution in [1.29, 1.82) is 0 Å². The van der Waals surface area contributed by atoms with Crippen LogP contribution in [0.5, 0.6) is 11.5 Å². The van der Waals surface area contributed by atoms with Crippen molar-refractivity contribution in [2.24, 2.45) is 4.99 Å². The predicted octanol–water partition coefficient (Wildman–Crippen LogP) is 4.21. The summed E-state index contributed by atoms with van der Waals surface area (Å²) in [5.41, 5.74) is 2.50. The number of carbonyl (C=O) groups excluding carboxylic acids is 1. The van der Waals surface area contributed by atoms with Crippen molar-refractivity contribution in [3.8, 4) is 11.5 Å². The first-order valence-corrected chi connectivity index (χ1v) is 9.63. The fraction of sp³-hybridized carbons (Fsp3) is 0.333. The van der Waals surface area contributed by atoms with Crippen molar-refractivity contribution in [2.45, 2.75) is 32.7 Å². The fourth-order valence-corrected chi connectivity index (χ4v) is 4.08. The molecule has 0 saturated carbocycles. The van der Waals surface area contributed by atoms with E-state index in [1.54, 1.807) is 31.9 Å². The standard InChI is InChI=1S/C24H27N3O3/c1-6-30-18-13-16(12-17(14-18)29-5)27-23(25-4)21(22(28)24(27,2)3)20-11-15-9-7-8-10-19(15)26-20/h7-10,12-14,26H,6,11H2,1-5H3/i5D3,6D2. The van der Waals surface area contributed by atoms with E-state index in [9.17, 15) is 4.79 Å². The minimum absolute atomic E-state index is 0.0482. The SMILES string of the molecule is [2H]C([2H])([2H])Oc1cc(OC([2H])([2H])C)cc(N2C(=NC)C(=C3Cc4ccccc4N3)C(=O)C2(C)C)c1. The Bertz CT molecular complexity index is 1180. The number of ether oxygens (including phenoxy) is 2. The monoisotopic (exact) mass is 410 g/mol. The van der Waals surface area contributed by atoms with Gasteiger partial charge in [0.1, 0.15) is 22.9 Å². The Balaban J connectivity index is 1.84. The van der Waals surface area contributed by atoms with E-state index in [0.29, 0.717) is 23.5 Å². The quantitative estimate of drug-likeness (QED) is 0.765. The minimum Gasteiger partial charge on any atom is -0.497 e. The highest BCUT2D eigenvalue weighted by Gasteiger charge is 2.50. The van der Waals surface area contributed by atoms with E-state index in [1.807, 2.05) is 24.3 Å². The first-order chi connectivity index (χ1) is 16.2. The summed E-state index contributed by atoms with van der Waals surface area (Å²) >= 11 is 0. The summed E-state index contributed by atoms with van der Waals surface area (Å²) in [6, 6.07) is 12.1. The maximum atomic E-state index is 13.7. The second kappa shape index (κ2) is 7.52. The van der Waals surface area contributed by atoms with Crippen LogP contribution in [0.3, 0.4) is 0 Å². The number of anilines is 2. The molecule has 2 aromatic carbocycles. The third-order valence-electron chi connectivity index (χ3n) is 5.42. The van der Waals surface area contributed by atoms with Gasteiger partial charge in [0.25, 0.3) is 0 Å². The Kier molecular flexibility index (Phi) is 3.67. The average molecular weight is 411 g/mol. The summed E-state index contributed by atoms with van der Waals surface area (Å²) in [4.78, 5) is 19.9. The fourth-order valence-electron chi connectivity index (χ4n) is 4.08.